The maximum absolute atomic E-state index is 5.72. The second-order valence-electron chi connectivity index (χ2n) is 4.93. The van der Waals surface area contributed by atoms with E-state index < -0.39 is 0 Å². The number of hydrogen-bond acceptors (Lipinski definition) is 4. The van der Waals surface area contributed by atoms with E-state index >= 15 is 0 Å². The SMILES string of the molecule is NCc1cccn2nc(CC3CCNCC3)nc12. The summed E-state index contributed by atoms with van der Waals surface area (Å²) in [6.07, 6.45) is 5.36. The Bertz CT molecular complexity index is 527. The van der Waals surface area contributed by atoms with E-state index in [1.165, 1.54) is 12.8 Å². The topological polar surface area (TPSA) is 68.2 Å². The number of aromatic nitrogens is 3. The van der Waals surface area contributed by atoms with E-state index in [1.807, 2.05) is 22.8 Å². The minimum absolute atomic E-state index is 0.510. The lowest BCUT2D eigenvalue weighted by Crippen LogP contribution is -2.28. The van der Waals surface area contributed by atoms with Crippen LogP contribution in [0.25, 0.3) is 5.65 Å². The molecule has 18 heavy (non-hydrogen) atoms. The number of hydrogen-bond donors (Lipinski definition) is 2. The smallest absolute Gasteiger partial charge is 0.160 e. The zero-order valence-corrected chi connectivity index (χ0v) is 10.5. The van der Waals surface area contributed by atoms with Crippen molar-refractivity contribution in [3.8, 4) is 0 Å². The van der Waals surface area contributed by atoms with Gasteiger partial charge in [-0.05, 0) is 37.9 Å². The van der Waals surface area contributed by atoms with Crippen molar-refractivity contribution in [2.24, 2.45) is 11.7 Å². The number of nitrogens with zero attached hydrogens (tertiary/aromatic N) is 3. The molecule has 0 saturated carbocycles. The van der Waals surface area contributed by atoms with E-state index in [2.05, 4.69) is 15.4 Å². The third-order valence-electron chi connectivity index (χ3n) is 3.64. The zero-order valence-electron chi connectivity index (χ0n) is 10.5. The van der Waals surface area contributed by atoms with Crippen LogP contribution >= 0.6 is 0 Å². The third kappa shape index (κ3) is 2.23. The summed E-state index contributed by atoms with van der Waals surface area (Å²) in [5.41, 5.74) is 7.68. The highest BCUT2D eigenvalue weighted by Gasteiger charge is 2.16. The molecule has 2 aromatic rings. The van der Waals surface area contributed by atoms with E-state index in [0.29, 0.717) is 12.5 Å². The van der Waals surface area contributed by atoms with Gasteiger partial charge in [0, 0.05) is 24.7 Å². The van der Waals surface area contributed by atoms with Gasteiger partial charge in [0.05, 0.1) is 0 Å². The maximum Gasteiger partial charge on any atom is 0.160 e. The quantitative estimate of drug-likeness (QED) is 0.836. The summed E-state index contributed by atoms with van der Waals surface area (Å²) in [4.78, 5) is 4.63. The highest BCUT2D eigenvalue weighted by molar-refractivity contribution is 5.46. The van der Waals surface area contributed by atoms with E-state index in [1.54, 1.807) is 0 Å². The molecule has 0 radical (unpaired) electrons. The normalized spacial score (nSPS) is 17.4. The van der Waals surface area contributed by atoms with Crippen LogP contribution in [0.1, 0.15) is 24.2 Å². The van der Waals surface area contributed by atoms with Gasteiger partial charge in [0.25, 0.3) is 0 Å². The van der Waals surface area contributed by atoms with Crippen LogP contribution in [0.3, 0.4) is 0 Å². The number of nitrogens with one attached hydrogen (secondary N) is 1. The molecule has 0 aliphatic carbocycles. The lowest BCUT2D eigenvalue weighted by atomic mass is 9.94. The summed E-state index contributed by atoms with van der Waals surface area (Å²) in [6.45, 7) is 2.74. The maximum atomic E-state index is 5.72. The largest absolute Gasteiger partial charge is 0.326 e. The van der Waals surface area contributed by atoms with Crippen molar-refractivity contribution in [3.63, 3.8) is 0 Å². The summed E-state index contributed by atoms with van der Waals surface area (Å²) in [5.74, 6) is 1.66. The van der Waals surface area contributed by atoms with Gasteiger partial charge >= 0.3 is 0 Å². The van der Waals surface area contributed by atoms with Gasteiger partial charge in [0.15, 0.2) is 11.5 Å². The van der Waals surface area contributed by atoms with Crippen LogP contribution in [0.4, 0.5) is 0 Å². The highest BCUT2D eigenvalue weighted by Crippen LogP contribution is 2.17. The molecule has 1 saturated heterocycles. The second kappa shape index (κ2) is 5.04. The molecule has 3 heterocycles. The van der Waals surface area contributed by atoms with Gasteiger partial charge in [0.2, 0.25) is 0 Å². The van der Waals surface area contributed by atoms with Crippen molar-refractivity contribution in [2.45, 2.75) is 25.8 Å². The van der Waals surface area contributed by atoms with Crippen molar-refractivity contribution in [3.05, 3.63) is 29.7 Å². The number of fused-ring (bicyclic) bond motifs is 1. The van der Waals surface area contributed by atoms with Crippen LogP contribution in [0.2, 0.25) is 0 Å². The first-order chi connectivity index (χ1) is 8.86. The number of nitrogens with two attached hydrogens (primary N) is 1. The van der Waals surface area contributed by atoms with Crippen LogP contribution in [0.5, 0.6) is 0 Å². The van der Waals surface area contributed by atoms with Crippen molar-refractivity contribution in [1.82, 2.24) is 19.9 Å². The van der Waals surface area contributed by atoms with Crippen LogP contribution < -0.4 is 11.1 Å². The molecule has 0 atom stereocenters. The molecule has 2 aromatic heterocycles. The van der Waals surface area contributed by atoms with Crippen LogP contribution in [0, 0.1) is 5.92 Å². The molecule has 0 bridgehead atoms. The van der Waals surface area contributed by atoms with E-state index in [9.17, 15) is 0 Å². The molecule has 1 fully saturated rings. The fourth-order valence-corrected chi connectivity index (χ4v) is 2.60. The summed E-state index contributed by atoms with van der Waals surface area (Å²) in [6, 6.07) is 3.98. The lowest BCUT2D eigenvalue weighted by molar-refractivity contribution is 0.367. The average molecular weight is 245 g/mol. The molecule has 3 rings (SSSR count). The molecule has 1 aliphatic rings. The molecule has 5 nitrogen and oxygen atoms in total. The monoisotopic (exact) mass is 245 g/mol. The van der Waals surface area contributed by atoms with Gasteiger partial charge in [-0.2, -0.15) is 5.10 Å². The number of rotatable bonds is 3. The summed E-state index contributed by atoms with van der Waals surface area (Å²) in [5, 5.41) is 7.93. The molecule has 96 valence electrons. The third-order valence-corrected chi connectivity index (χ3v) is 3.64. The Kier molecular flexibility index (Phi) is 3.25. The molecule has 0 aromatic carbocycles. The van der Waals surface area contributed by atoms with E-state index in [-0.39, 0.29) is 0 Å². The fraction of sp³-hybridized carbons (Fsp3) is 0.538. The first-order valence-corrected chi connectivity index (χ1v) is 6.61. The molecular weight excluding hydrogens is 226 g/mol. The Labute approximate surface area is 106 Å². The Morgan fingerprint density at radius 1 is 1.39 bits per heavy atom. The van der Waals surface area contributed by atoms with Crippen molar-refractivity contribution < 1.29 is 0 Å². The Morgan fingerprint density at radius 3 is 3.00 bits per heavy atom. The lowest BCUT2D eigenvalue weighted by Gasteiger charge is -2.20. The minimum atomic E-state index is 0.510. The molecule has 0 unspecified atom stereocenters. The standard InChI is InChI=1S/C13H19N5/c14-9-11-2-1-7-18-13(11)16-12(17-18)8-10-3-5-15-6-4-10/h1-2,7,10,15H,3-6,8-9,14H2. The average Bonchev–Trinajstić information content (AvgIpc) is 2.82. The van der Waals surface area contributed by atoms with Crippen LogP contribution in [-0.4, -0.2) is 27.7 Å². The van der Waals surface area contributed by atoms with Gasteiger partial charge < -0.3 is 11.1 Å². The summed E-state index contributed by atoms with van der Waals surface area (Å²) in [7, 11) is 0. The predicted octanol–water partition coefficient (Wildman–Crippen LogP) is 0.730. The minimum Gasteiger partial charge on any atom is -0.326 e. The second-order valence-corrected chi connectivity index (χ2v) is 4.93. The van der Waals surface area contributed by atoms with Crippen molar-refractivity contribution in [2.75, 3.05) is 13.1 Å². The molecule has 0 spiro atoms. The Hall–Kier alpha value is -1.46. The van der Waals surface area contributed by atoms with Crippen molar-refractivity contribution >= 4 is 5.65 Å². The Balaban J connectivity index is 1.84. The molecule has 3 N–H and O–H groups in total. The van der Waals surface area contributed by atoms with Gasteiger partial charge in [-0.3, -0.25) is 0 Å². The van der Waals surface area contributed by atoms with E-state index in [0.717, 1.165) is 36.5 Å². The van der Waals surface area contributed by atoms with Gasteiger partial charge in [-0.25, -0.2) is 9.50 Å². The summed E-state index contributed by atoms with van der Waals surface area (Å²) < 4.78 is 1.85. The first-order valence-electron chi connectivity index (χ1n) is 6.61. The van der Waals surface area contributed by atoms with E-state index in [4.69, 9.17) is 5.73 Å². The van der Waals surface area contributed by atoms with Gasteiger partial charge in [-0.1, -0.05) is 6.07 Å². The molecule has 0 amide bonds. The van der Waals surface area contributed by atoms with Gasteiger partial charge in [-0.15, -0.1) is 0 Å². The zero-order chi connectivity index (χ0) is 12.4. The fourth-order valence-electron chi connectivity index (χ4n) is 2.60. The predicted molar refractivity (Wildman–Crippen MR) is 70.2 cm³/mol. The number of pyridine rings is 1. The summed E-state index contributed by atoms with van der Waals surface area (Å²) >= 11 is 0. The molecule has 5 heteroatoms. The number of piperidine rings is 1. The molecule has 1 aliphatic heterocycles. The van der Waals surface area contributed by atoms with Gasteiger partial charge in [0.1, 0.15) is 0 Å². The van der Waals surface area contributed by atoms with Crippen molar-refractivity contribution in [1.29, 1.82) is 0 Å². The van der Waals surface area contributed by atoms with Crippen LogP contribution in [0.15, 0.2) is 18.3 Å². The Morgan fingerprint density at radius 2 is 2.22 bits per heavy atom. The van der Waals surface area contributed by atoms with Crippen LogP contribution in [-0.2, 0) is 13.0 Å². The highest BCUT2D eigenvalue weighted by atomic mass is 15.3. The molecular formula is C13H19N5. The first kappa shape index (κ1) is 11.6.